The summed E-state index contributed by atoms with van der Waals surface area (Å²) < 4.78 is 5.54. The maximum atomic E-state index is 11.5. The summed E-state index contributed by atoms with van der Waals surface area (Å²) in [5.41, 5.74) is 1.19. The minimum Gasteiger partial charge on any atom is -0.492 e. The molecule has 1 rings (SSSR count). The second-order valence-corrected chi connectivity index (χ2v) is 4.30. The molecule has 0 unspecified atom stereocenters. The number of amides is 1. The van der Waals surface area contributed by atoms with Gasteiger partial charge in [-0.3, -0.25) is 4.79 Å². The van der Waals surface area contributed by atoms with Gasteiger partial charge in [-0.05, 0) is 25.5 Å². The number of rotatable bonds is 7. The molecule has 1 aromatic rings. The minimum atomic E-state index is 0.0385. The van der Waals surface area contributed by atoms with E-state index in [1.165, 1.54) is 5.56 Å². The molecule has 1 N–H and O–H groups in total. The molecule has 0 heterocycles. The van der Waals surface area contributed by atoms with E-state index in [9.17, 15) is 4.79 Å². The summed E-state index contributed by atoms with van der Waals surface area (Å²) in [6.45, 7) is 3.11. The highest BCUT2D eigenvalue weighted by molar-refractivity contribution is 5.75. The first-order valence-corrected chi connectivity index (χ1v) is 6.18. The van der Waals surface area contributed by atoms with Crippen LogP contribution < -0.4 is 4.74 Å². The molecule has 0 radical (unpaired) electrons. The quantitative estimate of drug-likeness (QED) is 0.801. The van der Waals surface area contributed by atoms with Gasteiger partial charge < -0.3 is 14.7 Å². The van der Waals surface area contributed by atoms with E-state index in [2.05, 4.69) is 0 Å². The van der Waals surface area contributed by atoms with Crippen molar-refractivity contribution in [3.63, 3.8) is 0 Å². The van der Waals surface area contributed by atoms with E-state index in [1.54, 1.807) is 11.9 Å². The highest BCUT2D eigenvalue weighted by atomic mass is 16.5. The fourth-order valence-electron chi connectivity index (χ4n) is 1.48. The maximum absolute atomic E-state index is 11.5. The number of aryl methyl sites for hydroxylation is 1. The van der Waals surface area contributed by atoms with Gasteiger partial charge in [0, 0.05) is 20.1 Å². The number of ether oxygens (including phenoxy) is 1. The molecule has 18 heavy (non-hydrogen) atoms. The Kier molecular flexibility index (Phi) is 6.22. The van der Waals surface area contributed by atoms with Crippen molar-refractivity contribution in [2.45, 2.75) is 19.8 Å². The lowest BCUT2D eigenvalue weighted by Gasteiger charge is -2.17. The van der Waals surface area contributed by atoms with Gasteiger partial charge in [0.25, 0.3) is 0 Å². The third-order valence-corrected chi connectivity index (χ3v) is 2.69. The zero-order valence-electron chi connectivity index (χ0n) is 11.1. The lowest BCUT2D eigenvalue weighted by atomic mass is 10.2. The van der Waals surface area contributed by atoms with Gasteiger partial charge in [0.15, 0.2) is 0 Å². The van der Waals surface area contributed by atoms with Crippen molar-refractivity contribution in [1.82, 2.24) is 4.90 Å². The second kappa shape index (κ2) is 7.71. The number of nitrogens with zero attached hydrogens (tertiary/aromatic N) is 1. The fraction of sp³-hybridized carbons (Fsp3) is 0.500. The first-order chi connectivity index (χ1) is 8.63. The Morgan fingerprint density at radius 1 is 1.33 bits per heavy atom. The number of benzene rings is 1. The van der Waals surface area contributed by atoms with Crippen LogP contribution in [0.4, 0.5) is 0 Å². The average Bonchev–Trinajstić information content (AvgIpc) is 2.38. The van der Waals surface area contributed by atoms with E-state index in [0.29, 0.717) is 26.0 Å². The highest BCUT2D eigenvalue weighted by Crippen LogP contribution is 2.11. The van der Waals surface area contributed by atoms with Gasteiger partial charge in [0.2, 0.25) is 5.91 Å². The van der Waals surface area contributed by atoms with Gasteiger partial charge in [0.05, 0.1) is 6.54 Å². The molecule has 4 heteroatoms. The summed E-state index contributed by atoms with van der Waals surface area (Å²) >= 11 is 0. The highest BCUT2D eigenvalue weighted by Gasteiger charge is 2.07. The molecule has 100 valence electrons. The summed E-state index contributed by atoms with van der Waals surface area (Å²) in [7, 11) is 1.75. The van der Waals surface area contributed by atoms with Crippen LogP contribution in [-0.2, 0) is 4.79 Å². The van der Waals surface area contributed by atoms with E-state index >= 15 is 0 Å². The van der Waals surface area contributed by atoms with Crippen LogP contribution in [0, 0.1) is 6.92 Å². The van der Waals surface area contributed by atoms with E-state index < -0.39 is 0 Å². The largest absolute Gasteiger partial charge is 0.492 e. The van der Waals surface area contributed by atoms with Crippen LogP contribution in [-0.4, -0.2) is 42.7 Å². The molecule has 0 saturated carbocycles. The van der Waals surface area contributed by atoms with Crippen LogP contribution in [0.15, 0.2) is 24.3 Å². The Balaban J connectivity index is 2.24. The van der Waals surface area contributed by atoms with Crippen molar-refractivity contribution in [3.8, 4) is 5.75 Å². The van der Waals surface area contributed by atoms with Gasteiger partial charge in [-0.25, -0.2) is 0 Å². The Hall–Kier alpha value is -1.55. The molecule has 0 aliphatic carbocycles. The SMILES string of the molecule is Cc1ccc(OCCN(C)C(=O)CCCO)cc1. The van der Waals surface area contributed by atoms with Crippen molar-refractivity contribution >= 4 is 5.91 Å². The predicted octanol–water partition coefficient (Wildman–Crippen LogP) is 1.60. The van der Waals surface area contributed by atoms with Crippen LogP contribution in [0.1, 0.15) is 18.4 Å². The number of hydrogen-bond acceptors (Lipinski definition) is 3. The Bertz CT molecular complexity index is 362. The number of carbonyl (C=O) groups is 1. The van der Waals surface area contributed by atoms with E-state index in [4.69, 9.17) is 9.84 Å². The molecule has 0 aliphatic rings. The number of likely N-dealkylation sites (N-methyl/N-ethyl adjacent to an activating group) is 1. The summed E-state index contributed by atoms with van der Waals surface area (Å²) in [4.78, 5) is 13.2. The summed E-state index contributed by atoms with van der Waals surface area (Å²) in [5, 5.41) is 8.65. The molecule has 0 spiro atoms. The smallest absolute Gasteiger partial charge is 0.222 e. The molecule has 0 saturated heterocycles. The lowest BCUT2D eigenvalue weighted by molar-refractivity contribution is -0.130. The monoisotopic (exact) mass is 251 g/mol. The molecule has 0 aliphatic heterocycles. The Labute approximate surface area is 108 Å². The minimum absolute atomic E-state index is 0.0385. The van der Waals surface area contributed by atoms with Crippen molar-refractivity contribution in [1.29, 1.82) is 0 Å². The second-order valence-electron chi connectivity index (χ2n) is 4.30. The molecular formula is C14H21NO3. The molecule has 0 fully saturated rings. The maximum Gasteiger partial charge on any atom is 0.222 e. The predicted molar refractivity (Wildman–Crippen MR) is 70.6 cm³/mol. The van der Waals surface area contributed by atoms with Gasteiger partial charge in [0.1, 0.15) is 12.4 Å². The summed E-state index contributed by atoms with van der Waals surface area (Å²) in [6.07, 6.45) is 0.902. The van der Waals surface area contributed by atoms with Crippen LogP contribution >= 0.6 is 0 Å². The van der Waals surface area contributed by atoms with Crippen molar-refractivity contribution in [2.75, 3.05) is 26.8 Å². The van der Waals surface area contributed by atoms with E-state index in [1.807, 2.05) is 31.2 Å². The van der Waals surface area contributed by atoms with Crippen LogP contribution in [0.5, 0.6) is 5.75 Å². The molecule has 0 bridgehead atoms. The van der Waals surface area contributed by atoms with E-state index in [-0.39, 0.29) is 12.5 Å². The van der Waals surface area contributed by atoms with Crippen molar-refractivity contribution in [2.24, 2.45) is 0 Å². The third-order valence-electron chi connectivity index (χ3n) is 2.69. The molecule has 1 amide bonds. The van der Waals surface area contributed by atoms with Crippen LogP contribution in [0.2, 0.25) is 0 Å². The van der Waals surface area contributed by atoms with Crippen LogP contribution in [0.25, 0.3) is 0 Å². The van der Waals surface area contributed by atoms with E-state index in [0.717, 1.165) is 5.75 Å². The molecule has 4 nitrogen and oxygen atoms in total. The summed E-state index contributed by atoms with van der Waals surface area (Å²) in [6, 6.07) is 7.82. The summed E-state index contributed by atoms with van der Waals surface area (Å²) in [5.74, 6) is 0.855. The molecule has 1 aromatic carbocycles. The Morgan fingerprint density at radius 3 is 2.61 bits per heavy atom. The number of hydrogen-bond donors (Lipinski definition) is 1. The van der Waals surface area contributed by atoms with Crippen molar-refractivity contribution in [3.05, 3.63) is 29.8 Å². The fourth-order valence-corrected chi connectivity index (χ4v) is 1.48. The topological polar surface area (TPSA) is 49.8 Å². The number of aliphatic hydroxyl groups is 1. The normalized spacial score (nSPS) is 10.2. The zero-order valence-corrected chi connectivity index (χ0v) is 11.1. The first-order valence-electron chi connectivity index (χ1n) is 6.18. The first kappa shape index (κ1) is 14.5. The molecule has 0 atom stereocenters. The zero-order chi connectivity index (χ0) is 13.4. The van der Waals surface area contributed by atoms with Crippen LogP contribution in [0.3, 0.4) is 0 Å². The van der Waals surface area contributed by atoms with Crippen molar-refractivity contribution < 1.29 is 14.6 Å². The standard InChI is InChI=1S/C14H21NO3/c1-12-5-7-13(8-6-12)18-11-9-15(2)14(17)4-3-10-16/h5-8,16H,3-4,9-11H2,1-2H3. The number of carbonyl (C=O) groups excluding carboxylic acids is 1. The van der Waals surface area contributed by atoms with Gasteiger partial charge in [-0.1, -0.05) is 17.7 Å². The third kappa shape index (κ3) is 5.19. The lowest BCUT2D eigenvalue weighted by Crippen LogP contribution is -2.30. The average molecular weight is 251 g/mol. The van der Waals surface area contributed by atoms with Gasteiger partial charge in [-0.2, -0.15) is 0 Å². The Morgan fingerprint density at radius 2 is 2.00 bits per heavy atom. The number of aliphatic hydroxyl groups excluding tert-OH is 1. The molecular weight excluding hydrogens is 230 g/mol. The van der Waals surface area contributed by atoms with Gasteiger partial charge in [-0.15, -0.1) is 0 Å². The van der Waals surface area contributed by atoms with Gasteiger partial charge >= 0.3 is 0 Å². The molecule has 0 aromatic heterocycles.